The van der Waals surface area contributed by atoms with Crippen molar-refractivity contribution in [2.75, 3.05) is 28.1 Å². The normalized spacial score (nSPS) is 12.4. The monoisotopic (exact) mass is 470 g/mol. The number of hydrogen-bond acceptors (Lipinski definition) is 6. The number of rotatable bonds is 5. The van der Waals surface area contributed by atoms with E-state index >= 15 is 0 Å². The fraction of sp³-hybridized carbons (Fsp3) is 0.143. The summed E-state index contributed by atoms with van der Waals surface area (Å²) in [5.74, 6) is 3.32. The molecule has 1 aliphatic heterocycles. The molecule has 0 saturated carbocycles. The summed E-state index contributed by atoms with van der Waals surface area (Å²) in [6, 6.07) is 23.1. The average Bonchev–Trinajstić information content (AvgIpc) is 3.33. The number of benzene rings is 5. The van der Waals surface area contributed by atoms with Gasteiger partial charge in [-0.3, -0.25) is 0 Å². The van der Waals surface area contributed by atoms with Gasteiger partial charge < -0.3 is 23.7 Å². The van der Waals surface area contributed by atoms with Crippen molar-refractivity contribution in [2.45, 2.75) is 9.79 Å². The van der Waals surface area contributed by atoms with Crippen molar-refractivity contribution in [1.29, 1.82) is 0 Å². The van der Waals surface area contributed by atoms with Crippen molar-refractivity contribution in [3.05, 3.63) is 66.7 Å². The maximum absolute atomic E-state index is 5.83. The van der Waals surface area contributed by atoms with Gasteiger partial charge in [-0.2, -0.15) is 0 Å². The van der Waals surface area contributed by atoms with E-state index in [2.05, 4.69) is 54.6 Å². The second kappa shape index (κ2) is 8.22. The third-order valence-corrected chi connectivity index (χ3v) is 7.28. The van der Waals surface area contributed by atoms with Crippen molar-refractivity contribution < 1.29 is 23.7 Å². The Balaban J connectivity index is 1.67. The minimum Gasteiger partial charge on any atom is -0.493 e. The largest absolute Gasteiger partial charge is 0.493 e. The van der Waals surface area contributed by atoms with Gasteiger partial charge in [-0.1, -0.05) is 42.1 Å². The quantitative estimate of drug-likeness (QED) is 0.257. The van der Waals surface area contributed by atoms with Gasteiger partial charge in [0.2, 0.25) is 12.5 Å². The minimum absolute atomic E-state index is 0.225. The zero-order chi connectivity index (χ0) is 23.2. The topological polar surface area (TPSA) is 46.2 Å². The molecule has 0 aromatic heterocycles. The van der Waals surface area contributed by atoms with E-state index in [0.717, 1.165) is 42.8 Å². The van der Waals surface area contributed by atoms with E-state index in [1.807, 2.05) is 12.1 Å². The van der Waals surface area contributed by atoms with E-state index in [0.29, 0.717) is 17.2 Å². The number of fused-ring (bicyclic) bond motifs is 4. The van der Waals surface area contributed by atoms with E-state index in [1.165, 1.54) is 10.8 Å². The predicted octanol–water partition coefficient (Wildman–Crippen LogP) is 7.05. The van der Waals surface area contributed by atoms with Crippen LogP contribution < -0.4 is 23.7 Å². The Bertz CT molecular complexity index is 1580. The smallest absolute Gasteiger partial charge is 0.231 e. The molecule has 0 N–H and O–H groups in total. The van der Waals surface area contributed by atoms with Crippen LogP contribution in [0.4, 0.5) is 0 Å². The van der Waals surface area contributed by atoms with Gasteiger partial charge in [-0.05, 0) is 52.6 Å². The molecule has 1 aliphatic rings. The second-order valence-corrected chi connectivity index (χ2v) is 9.07. The molecule has 0 saturated heterocycles. The van der Waals surface area contributed by atoms with Crippen LogP contribution in [-0.4, -0.2) is 28.1 Å². The Labute approximate surface area is 201 Å². The summed E-state index contributed by atoms with van der Waals surface area (Å²) in [6.45, 7) is 0.225. The molecular formula is C28H22O5S. The molecule has 6 heteroatoms. The molecule has 6 rings (SSSR count). The summed E-state index contributed by atoms with van der Waals surface area (Å²) < 4.78 is 28.5. The lowest BCUT2D eigenvalue weighted by atomic mass is 10.0. The van der Waals surface area contributed by atoms with Gasteiger partial charge in [0.15, 0.2) is 23.0 Å². The molecule has 1 heterocycles. The fourth-order valence-electron chi connectivity index (χ4n) is 4.54. The van der Waals surface area contributed by atoms with Crippen LogP contribution in [0, 0.1) is 0 Å². The van der Waals surface area contributed by atoms with Gasteiger partial charge >= 0.3 is 0 Å². The highest BCUT2D eigenvalue weighted by Crippen LogP contribution is 2.50. The first-order valence-corrected chi connectivity index (χ1v) is 11.7. The number of methoxy groups -OCH3 is 3. The van der Waals surface area contributed by atoms with E-state index in [9.17, 15) is 0 Å². The average molecular weight is 471 g/mol. The zero-order valence-corrected chi connectivity index (χ0v) is 19.8. The van der Waals surface area contributed by atoms with E-state index in [-0.39, 0.29) is 6.79 Å². The Hall–Kier alpha value is -3.77. The summed E-state index contributed by atoms with van der Waals surface area (Å²) >= 11 is 1.71. The van der Waals surface area contributed by atoms with Crippen LogP contribution in [0.3, 0.4) is 0 Å². The van der Waals surface area contributed by atoms with E-state index in [4.69, 9.17) is 23.7 Å². The van der Waals surface area contributed by atoms with Crippen molar-refractivity contribution in [3.8, 4) is 28.7 Å². The fourth-order valence-corrected chi connectivity index (χ4v) is 5.67. The first kappa shape index (κ1) is 20.8. The van der Waals surface area contributed by atoms with E-state index in [1.54, 1.807) is 33.1 Å². The summed E-state index contributed by atoms with van der Waals surface area (Å²) in [7, 11) is 4.91. The summed E-state index contributed by atoms with van der Waals surface area (Å²) in [4.78, 5) is 2.22. The highest BCUT2D eigenvalue weighted by atomic mass is 32.2. The van der Waals surface area contributed by atoms with Gasteiger partial charge in [0.25, 0.3) is 0 Å². The lowest BCUT2D eigenvalue weighted by molar-refractivity contribution is 0.174. The Kier molecular flexibility index (Phi) is 5.03. The van der Waals surface area contributed by atoms with Gasteiger partial charge in [0.1, 0.15) is 0 Å². The Morgan fingerprint density at radius 2 is 1.41 bits per heavy atom. The van der Waals surface area contributed by atoms with E-state index < -0.39 is 0 Å². The van der Waals surface area contributed by atoms with Crippen molar-refractivity contribution >= 4 is 44.1 Å². The van der Waals surface area contributed by atoms with Crippen LogP contribution in [0.2, 0.25) is 0 Å². The molecule has 5 aromatic rings. The lowest BCUT2D eigenvalue weighted by Gasteiger charge is -2.18. The molecule has 0 unspecified atom stereocenters. The van der Waals surface area contributed by atoms with Crippen LogP contribution in [-0.2, 0) is 0 Å². The molecule has 0 spiro atoms. The summed E-state index contributed by atoms with van der Waals surface area (Å²) in [5, 5.41) is 6.47. The first-order valence-electron chi connectivity index (χ1n) is 10.9. The van der Waals surface area contributed by atoms with Gasteiger partial charge in [0, 0.05) is 25.9 Å². The Morgan fingerprint density at radius 1 is 0.647 bits per heavy atom. The molecule has 0 atom stereocenters. The lowest BCUT2D eigenvalue weighted by Crippen LogP contribution is -1.97. The molecule has 34 heavy (non-hydrogen) atoms. The first-order chi connectivity index (χ1) is 16.7. The van der Waals surface area contributed by atoms with Crippen molar-refractivity contribution in [3.63, 3.8) is 0 Å². The molecule has 0 bridgehead atoms. The number of hydrogen-bond donors (Lipinski definition) is 0. The highest BCUT2D eigenvalue weighted by molar-refractivity contribution is 7.99. The standard InChI is InChI=1S/C28H22O5S/c1-29-25-14-22-21(26(30-2)27(25)31-3)11-18-12-23-24(33-15-32-23)13-20(18)28(22)34-19-9-8-16-6-4-5-7-17(16)10-19/h4-14H,15H2,1-3H3. The van der Waals surface area contributed by atoms with Crippen LogP contribution in [0.1, 0.15) is 0 Å². The van der Waals surface area contributed by atoms with Crippen LogP contribution in [0.5, 0.6) is 28.7 Å². The number of ether oxygens (including phenoxy) is 5. The third kappa shape index (κ3) is 3.25. The third-order valence-electron chi connectivity index (χ3n) is 6.14. The van der Waals surface area contributed by atoms with Crippen LogP contribution in [0.25, 0.3) is 32.3 Å². The minimum atomic E-state index is 0.225. The molecule has 0 amide bonds. The predicted molar refractivity (Wildman–Crippen MR) is 135 cm³/mol. The highest BCUT2D eigenvalue weighted by Gasteiger charge is 2.23. The SMILES string of the molecule is COc1cc2c(Sc3ccc4ccccc4c3)c3cc4c(cc3cc2c(OC)c1OC)OCO4. The molecule has 0 radical (unpaired) electrons. The zero-order valence-electron chi connectivity index (χ0n) is 19.0. The molecule has 5 aromatic carbocycles. The van der Waals surface area contributed by atoms with Gasteiger partial charge in [-0.15, -0.1) is 0 Å². The van der Waals surface area contributed by atoms with Crippen LogP contribution in [0.15, 0.2) is 76.5 Å². The molecular weight excluding hydrogens is 448 g/mol. The maximum atomic E-state index is 5.83. The summed E-state index contributed by atoms with van der Waals surface area (Å²) in [5.41, 5.74) is 0. The maximum Gasteiger partial charge on any atom is 0.231 e. The van der Waals surface area contributed by atoms with Crippen molar-refractivity contribution in [1.82, 2.24) is 0 Å². The molecule has 5 nitrogen and oxygen atoms in total. The van der Waals surface area contributed by atoms with Gasteiger partial charge in [-0.25, -0.2) is 0 Å². The summed E-state index contributed by atoms with van der Waals surface area (Å²) in [6.07, 6.45) is 0. The van der Waals surface area contributed by atoms with Gasteiger partial charge in [0.05, 0.1) is 21.3 Å². The second-order valence-electron chi connectivity index (χ2n) is 7.98. The molecule has 170 valence electrons. The molecule has 0 aliphatic carbocycles. The molecule has 0 fully saturated rings. The Morgan fingerprint density at radius 3 is 2.18 bits per heavy atom. The van der Waals surface area contributed by atoms with Crippen LogP contribution >= 0.6 is 11.8 Å². The van der Waals surface area contributed by atoms with Crippen molar-refractivity contribution in [2.24, 2.45) is 0 Å².